The zero-order valence-corrected chi connectivity index (χ0v) is 11.6. The van der Waals surface area contributed by atoms with Crippen molar-refractivity contribution in [2.24, 2.45) is 0 Å². The first-order chi connectivity index (χ1) is 9.18. The largest absolute Gasteiger partial charge is 0.492 e. The Hall–Kier alpha value is -1.75. The van der Waals surface area contributed by atoms with Crippen molar-refractivity contribution in [1.29, 1.82) is 0 Å². The SMILES string of the molecule is O=C(O)c1cc(Br)c(-c2ccco2)c2c1OCCC2. The average molecular weight is 323 g/mol. The molecule has 2 aromatic rings. The van der Waals surface area contributed by atoms with Crippen LogP contribution in [0.5, 0.6) is 5.75 Å². The van der Waals surface area contributed by atoms with E-state index in [4.69, 9.17) is 9.15 Å². The lowest BCUT2D eigenvalue weighted by Gasteiger charge is -2.22. The third kappa shape index (κ3) is 2.04. The molecule has 1 N–H and O–H groups in total. The van der Waals surface area contributed by atoms with Gasteiger partial charge in [-0.2, -0.15) is 0 Å². The van der Waals surface area contributed by atoms with E-state index in [0.717, 1.165) is 24.0 Å². The molecule has 0 saturated carbocycles. The summed E-state index contributed by atoms with van der Waals surface area (Å²) in [5.74, 6) is 0.198. The molecule has 0 saturated heterocycles. The molecular formula is C14H11BrO4. The maximum absolute atomic E-state index is 11.3. The summed E-state index contributed by atoms with van der Waals surface area (Å²) >= 11 is 3.44. The van der Waals surface area contributed by atoms with Gasteiger partial charge in [-0.3, -0.25) is 0 Å². The molecule has 0 radical (unpaired) electrons. The van der Waals surface area contributed by atoms with Gasteiger partial charge in [-0.25, -0.2) is 4.79 Å². The van der Waals surface area contributed by atoms with Crippen LogP contribution < -0.4 is 4.74 Å². The van der Waals surface area contributed by atoms with E-state index in [1.54, 1.807) is 12.3 Å². The topological polar surface area (TPSA) is 59.7 Å². The number of furan rings is 1. The Morgan fingerprint density at radius 2 is 2.26 bits per heavy atom. The van der Waals surface area contributed by atoms with E-state index in [9.17, 15) is 9.90 Å². The summed E-state index contributed by atoms with van der Waals surface area (Å²) in [4.78, 5) is 11.3. The Kier molecular flexibility index (Phi) is 3.06. The van der Waals surface area contributed by atoms with Crippen LogP contribution in [-0.4, -0.2) is 17.7 Å². The van der Waals surface area contributed by atoms with E-state index < -0.39 is 5.97 Å². The lowest BCUT2D eigenvalue weighted by Crippen LogP contribution is -2.14. The van der Waals surface area contributed by atoms with Gasteiger partial charge in [0.1, 0.15) is 17.1 Å². The third-order valence-electron chi connectivity index (χ3n) is 3.15. The molecule has 0 atom stereocenters. The van der Waals surface area contributed by atoms with Crippen molar-refractivity contribution in [2.45, 2.75) is 12.8 Å². The number of aromatic carboxylic acids is 1. The fraction of sp³-hybridized carbons (Fsp3) is 0.214. The number of fused-ring (bicyclic) bond motifs is 1. The van der Waals surface area contributed by atoms with E-state index in [1.807, 2.05) is 12.1 Å². The van der Waals surface area contributed by atoms with E-state index >= 15 is 0 Å². The molecule has 0 spiro atoms. The summed E-state index contributed by atoms with van der Waals surface area (Å²) in [6.07, 6.45) is 3.25. The van der Waals surface area contributed by atoms with Gasteiger partial charge in [0.15, 0.2) is 0 Å². The van der Waals surface area contributed by atoms with Crippen molar-refractivity contribution in [1.82, 2.24) is 0 Å². The second-order valence-electron chi connectivity index (χ2n) is 4.32. The van der Waals surface area contributed by atoms with Crippen LogP contribution in [0.3, 0.4) is 0 Å². The predicted molar refractivity (Wildman–Crippen MR) is 72.6 cm³/mol. The fourth-order valence-corrected chi connectivity index (χ4v) is 3.02. The first-order valence-corrected chi connectivity index (χ1v) is 6.73. The zero-order chi connectivity index (χ0) is 13.4. The molecule has 0 bridgehead atoms. The number of halogens is 1. The number of benzene rings is 1. The van der Waals surface area contributed by atoms with Crippen molar-refractivity contribution in [2.75, 3.05) is 6.61 Å². The Balaban J connectivity index is 2.29. The molecular weight excluding hydrogens is 312 g/mol. The first kappa shape index (κ1) is 12.3. The molecule has 3 rings (SSSR count). The third-order valence-corrected chi connectivity index (χ3v) is 3.77. The van der Waals surface area contributed by atoms with Crippen LogP contribution in [0.4, 0.5) is 0 Å². The molecule has 0 fully saturated rings. The van der Waals surface area contributed by atoms with E-state index in [-0.39, 0.29) is 5.56 Å². The fourth-order valence-electron chi connectivity index (χ4n) is 2.36. The smallest absolute Gasteiger partial charge is 0.339 e. The molecule has 5 heteroatoms. The number of hydrogen-bond acceptors (Lipinski definition) is 3. The molecule has 1 aliphatic rings. The second kappa shape index (κ2) is 4.74. The Morgan fingerprint density at radius 3 is 2.95 bits per heavy atom. The quantitative estimate of drug-likeness (QED) is 0.915. The van der Waals surface area contributed by atoms with Gasteiger partial charge < -0.3 is 14.3 Å². The number of carboxylic acid groups (broad SMARTS) is 1. The first-order valence-electron chi connectivity index (χ1n) is 5.94. The van der Waals surface area contributed by atoms with Gasteiger partial charge in [0.2, 0.25) is 0 Å². The van der Waals surface area contributed by atoms with Gasteiger partial charge in [0.25, 0.3) is 0 Å². The van der Waals surface area contributed by atoms with Crippen molar-refractivity contribution < 1.29 is 19.1 Å². The summed E-state index contributed by atoms with van der Waals surface area (Å²) in [5.41, 5.74) is 1.97. The molecule has 0 aliphatic carbocycles. The highest BCUT2D eigenvalue weighted by Gasteiger charge is 2.26. The van der Waals surface area contributed by atoms with E-state index in [1.165, 1.54) is 0 Å². The Morgan fingerprint density at radius 1 is 1.42 bits per heavy atom. The number of carboxylic acids is 1. The van der Waals surface area contributed by atoms with Crippen LogP contribution >= 0.6 is 15.9 Å². The summed E-state index contributed by atoms with van der Waals surface area (Å²) in [6, 6.07) is 5.24. The van der Waals surface area contributed by atoms with Crippen LogP contribution in [-0.2, 0) is 6.42 Å². The summed E-state index contributed by atoms with van der Waals surface area (Å²) < 4.78 is 11.7. The van der Waals surface area contributed by atoms with Crippen LogP contribution in [0, 0.1) is 0 Å². The standard InChI is InChI=1S/C14H11BrO4/c15-10-7-9(14(16)17)13-8(3-1-6-19-13)12(10)11-4-2-5-18-11/h2,4-5,7H,1,3,6H2,(H,16,17). The minimum atomic E-state index is -0.982. The molecule has 1 aromatic carbocycles. The van der Waals surface area contributed by atoms with Crippen LogP contribution in [0.25, 0.3) is 11.3 Å². The average Bonchev–Trinajstić information content (AvgIpc) is 2.91. The van der Waals surface area contributed by atoms with Crippen molar-refractivity contribution in [3.63, 3.8) is 0 Å². The molecule has 2 heterocycles. The molecule has 1 aromatic heterocycles. The van der Waals surface area contributed by atoms with E-state index in [2.05, 4.69) is 15.9 Å². The molecule has 98 valence electrons. The van der Waals surface area contributed by atoms with Crippen LogP contribution in [0.2, 0.25) is 0 Å². The lowest BCUT2D eigenvalue weighted by atomic mass is 9.95. The second-order valence-corrected chi connectivity index (χ2v) is 5.18. The van der Waals surface area contributed by atoms with Gasteiger partial charge >= 0.3 is 5.97 Å². The lowest BCUT2D eigenvalue weighted by molar-refractivity contribution is 0.0691. The highest BCUT2D eigenvalue weighted by atomic mass is 79.9. The molecule has 19 heavy (non-hydrogen) atoms. The monoisotopic (exact) mass is 322 g/mol. The number of carbonyl (C=O) groups is 1. The summed E-state index contributed by atoms with van der Waals surface area (Å²) in [7, 11) is 0. The van der Waals surface area contributed by atoms with Gasteiger partial charge in [0, 0.05) is 15.6 Å². The molecule has 1 aliphatic heterocycles. The van der Waals surface area contributed by atoms with Gasteiger partial charge in [-0.15, -0.1) is 0 Å². The van der Waals surface area contributed by atoms with Gasteiger partial charge in [-0.05, 0) is 47.0 Å². The predicted octanol–water partition coefficient (Wildman–Crippen LogP) is 3.73. The minimum Gasteiger partial charge on any atom is -0.492 e. The highest BCUT2D eigenvalue weighted by molar-refractivity contribution is 9.10. The van der Waals surface area contributed by atoms with Crippen LogP contribution in [0.1, 0.15) is 22.3 Å². The Labute approximate surface area is 118 Å². The van der Waals surface area contributed by atoms with E-state index in [0.29, 0.717) is 22.6 Å². The maximum Gasteiger partial charge on any atom is 0.339 e. The number of hydrogen-bond donors (Lipinski definition) is 1. The molecule has 0 amide bonds. The number of rotatable bonds is 2. The van der Waals surface area contributed by atoms with Crippen molar-refractivity contribution >= 4 is 21.9 Å². The Bertz CT molecular complexity index is 631. The normalized spacial score (nSPS) is 13.7. The maximum atomic E-state index is 11.3. The van der Waals surface area contributed by atoms with Gasteiger partial charge in [0.05, 0.1) is 12.9 Å². The van der Waals surface area contributed by atoms with Gasteiger partial charge in [-0.1, -0.05) is 0 Å². The summed E-state index contributed by atoms with van der Waals surface area (Å²) in [6.45, 7) is 0.548. The number of ether oxygens (including phenoxy) is 1. The van der Waals surface area contributed by atoms with Crippen molar-refractivity contribution in [3.05, 3.63) is 40.1 Å². The summed E-state index contributed by atoms with van der Waals surface area (Å²) in [5, 5.41) is 9.26. The minimum absolute atomic E-state index is 0.192. The highest BCUT2D eigenvalue weighted by Crippen LogP contribution is 2.42. The van der Waals surface area contributed by atoms with Crippen molar-refractivity contribution in [3.8, 4) is 17.1 Å². The molecule has 4 nitrogen and oxygen atoms in total. The molecule has 0 unspecified atom stereocenters. The zero-order valence-electron chi connectivity index (χ0n) is 9.98. The van der Waals surface area contributed by atoms with Crippen LogP contribution in [0.15, 0.2) is 33.4 Å².